The van der Waals surface area contributed by atoms with E-state index in [9.17, 15) is 4.39 Å². The van der Waals surface area contributed by atoms with Gasteiger partial charge in [-0.05, 0) is 60.5 Å². The lowest BCUT2D eigenvalue weighted by molar-refractivity contribution is 0.628. The fourth-order valence-corrected chi connectivity index (χ4v) is 3.66. The number of hydrogen-bond acceptors (Lipinski definition) is 4. The van der Waals surface area contributed by atoms with Crippen LogP contribution in [0.1, 0.15) is 5.56 Å². The number of anilines is 2. The summed E-state index contributed by atoms with van der Waals surface area (Å²) in [5.41, 5.74) is 5.58. The molecule has 1 N–H and O–H groups in total. The Morgan fingerprint density at radius 1 is 0.844 bits per heavy atom. The SMILES string of the molecule is Cc1ccc(-c2ccc3nc(-c4cccnc4)nc(Nc4ccc(F)c(Cl)c4)c3c2)cc1. The third-order valence-electron chi connectivity index (χ3n) is 5.18. The predicted octanol–water partition coefficient (Wildman–Crippen LogP) is 7.20. The number of hydrogen-bond donors (Lipinski definition) is 1. The zero-order chi connectivity index (χ0) is 22.1. The monoisotopic (exact) mass is 440 g/mol. The molecule has 0 aliphatic carbocycles. The van der Waals surface area contributed by atoms with E-state index in [2.05, 4.69) is 47.6 Å². The average molecular weight is 441 g/mol. The van der Waals surface area contributed by atoms with Crippen LogP contribution < -0.4 is 5.32 Å². The molecule has 0 radical (unpaired) electrons. The van der Waals surface area contributed by atoms with Gasteiger partial charge in [-0.15, -0.1) is 0 Å². The highest BCUT2D eigenvalue weighted by Gasteiger charge is 2.12. The van der Waals surface area contributed by atoms with Crippen molar-refractivity contribution in [1.82, 2.24) is 15.0 Å². The molecule has 0 saturated carbocycles. The summed E-state index contributed by atoms with van der Waals surface area (Å²) in [6.07, 6.45) is 3.43. The van der Waals surface area contributed by atoms with Crippen LogP contribution in [0, 0.1) is 12.7 Å². The van der Waals surface area contributed by atoms with Gasteiger partial charge >= 0.3 is 0 Å². The van der Waals surface area contributed by atoms with E-state index < -0.39 is 5.82 Å². The van der Waals surface area contributed by atoms with E-state index in [1.165, 1.54) is 11.6 Å². The molecule has 0 aliphatic rings. The van der Waals surface area contributed by atoms with Crippen LogP contribution in [0.2, 0.25) is 5.02 Å². The van der Waals surface area contributed by atoms with Gasteiger partial charge in [-0.25, -0.2) is 14.4 Å². The standard InChI is InChI=1S/C26H18ClFN4/c1-16-4-6-17(7-5-16)18-8-11-24-21(13-18)26(30-20-9-10-23(28)22(27)14-20)32-25(31-24)19-3-2-12-29-15-19/h2-15H,1H3,(H,30,31,32). The smallest absolute Gasteiger partial charge is 0.163 e. The molecular weight excluding hydrogens is 423 g/mol. The van der Waals surface area contributed by atoms with Gasteiger partial charge in [0.25, 0.3) is 0 Å². The summed E-state index contributed by atoms with van der Waals surface area (Å²) in [4.78, 5) is 13.7. The van der Waals surface area contributed by atoms with Gasteiger partial charge in [0.2, 0.25) is 0 Å². The van der Waals surface area contributed by atoms with E-state index in [1.807, 2.05) is 24.3 Å². The number of aryl methyl sites for hydroxylation is 1. The van der Waals surface area contributed by atoms with E-state index in [4.69, 9.17) is 21.6 Å². The topological polar surface area (TPSA) is 50.7 Å². The van der Waals surface area contributed by atoms with E-state index in [1.54, 1.807) is 24.5 Å². The Morgan fingerprint density at radius 3 is 2.41 bits per heavy atom. The molecule has 2 aromatic heterocycles. The number of aromatic nitrogens is 3. The second-order valence-electron chi connectivity index (χ2n) is 7.49. The molecule has 156 valence electrons. The zero-order valence-corrected chi connectivity index (χ0v) is 17.9. The molecule has 0 bridgehead atoms. The van der Waals surface area contributed by atoms with Crippen molar-refractivity contribution < 1.29 is 4.39 Å². The lowest BCUT2D eigenvalue weighted by Crippen LogP contribution is -2.00. The third-order valence-corrected chi connectivity index (χ3v) is 5.47. The van der Waals surface area contributed by atoms with Crippen molar-refractivity contribution in [1.29, 1.82) is 0 Å². The fraction of sp³-hybridized carbons (Fsp3) is 0.0385. The minimum atomic E-state index is -0.470. The van der Waals surface area contributed by atoms with Gasteiger partial charge in [0.1, 0.15) is 11.6 Å². The first-order valence-corrected chi connectivity index (χ1v) is 10.5. The molecule has 0 fully saturated rings. The van der Waals surface area contributed by atoms with E-state index in [-0.39, 0.29) is 5.02 Å². The first kappa shape index (κ1) is 20.1. The van der Waals surface area contributed by atoms with Crippen LogP contribution in [0.3, 0.4) is 0 Å². The van der Waals surface area contributed by atoms with Gasteiger partial charge in [0.05, 0.1) is 10.5 Å². The summed E-state index contributed by atoms with van der Waals surface area (Å²) in [5, 5.41) is 4.18. The third kappa shape index (κ3) is 4.03. The van der Waals surface area contributed by atoms with Crippen molar-refractivity contribution in [2.24, 2.45) is 0 Å². The van der Waals surface area contributed by atoms with Crippen LogP contribution in [-0.4, -0.2) is 15.0 Å². The first-order chi connectivity index (χ1) is 15.6. The number of pyridine rings is 1. The molecule has 0 spiro atoms. The summed E-state index contributed by atoms with van der Waals surface area (Å²) in [5.74, 6) is 0.678. The molecule has 0 aliphatic heterocycles. The quantitative estimate of drug-likeness (QED) is 0.321. The normalized spacial score (nSPS) is 11.0. The number of halogens is 2. The molecule has 4 nitrogen and oxygen atoms in total. The van der Waals surface area contributed by atoms with Crippen LogP contribution in [-0.2, 0) is 0 Å². The molecule has 6 heteroatoms. The molecule has 2 heterocycles. The van der Waals surface area contributed by atoms with Crippen LogP contribution in [0.5, 0.6) is 0 Å². The summed E-state index contributed by atoms with van der Waals surface area (Å²) < 4.78 is 13.7. The lowest BCUT2D eigenvalue weighted by Gasteiger charge is -2.13. The number of rotatable bonds is 4. The molecule has 0 amide bonds. The highest BCUT2D eigenvalue weighted by Crippen LogP contribution is 2.32. The van der Waals surface area contributed by atoms with Crippen molar-refractivity contribution in [2.45, 2.75) is 6.92 Å². The number of nitrogens with one attached hydrogen (secondary N) is 1. The predicted molar refractivity (Wildman–Crippen MR) is 128 cm³/mol. The molecule has 32 heavy (non-hydrogen) atoms. The molecule has 0 saturated heterocycles. The molecule has 3 aromatic carbocycles. The summed E-state index contributed by atoms with van der Waals surface area (Å²) >= 11 is 5.99. The highest BCUT2D eigenvalue weighted by molar-refractivity contribution is 6.31. The maximum Gasteiger partial charge on any atom is 0.163 e. The van der Waals surface area contributed by atoms with Crippen LogP contribution in [0.15, 0.2) is 85.2 Å². The van der Waals surface area contributed by atoms with Crippen molar-refractivity contribution in [3.8, 4) is 22.5 Å². The second-order valence-corrected chi connectivity index (χ2v) is 7.90. The van der Waals surface area contributed by atoms with E-state index in [0.717, 1.165) is 27.6 Å². The van der Waals surface area contributed by atoms with Gasteiger partial charge in [0.15, 0.2) is 5.82 Å². The molecule has 0 atom stereocenters. The number of benzene rings is 3. The zero-order valence-electron chi connectivity index (χ0n) is 17.2. The first-order valence-electron chi connectivity index (χ1n) is 10.1. The van der Waals surface area contributed by atoms with Crippen LogP contribution >= 0.6 is 11.6 Å². The van der Waals surface area contributed by atoms with Gasteiger partial charge < -0.3 is 5.32 Å². The van der Waals surface area contributed by atoms with Gasteiger partial charge in [-0.1, -0.05) is 47.5 Å². The number of fused-ring (bicyclic) bond motifs is 1. The van der Waals surface area contributed by atoms with Crippen molar-refractivity contribution >= 4 is 34.0 Å². The Hall–Kier alpha value is -3.83. The Kier molecular flexibility index (Phi) is 5.25. The minimum absolute atomic E-state index is 0.0428. The molecule has 5 rings (SSSR count). The van der Waals surface area contributed by atoms with Crippen molar-refractivity contribution in [3.63, 3.8) is 0 Å². The molecule has 0 unspecified atom stereocenters. The Bertz CT molecular complexity index is 1420. The maximum atomic E-state index is 13.7. The summed E-state index contributed by atoms with van der Waals surface area (Å²) in [6.45, 7) is 2.06. The summed E-state index contributed by atoms with van der Waals surface area (Å²) in [7, 11) is 0. The van der Waals surface area contributed by atoms with Crippen LogP contribution in [0.4, 0.5) is 15.9 Å². The molecular formula is C26H18ClFN4. The largest absolute Gasteiger partial charge is 0.340 e. The van der Waals surface area contributed by atoms with E-state index in [0.29, 0.717) is 17.3 Å². The average Bonchev–Trinajstić information content (AvgIpc) is 2.82. The van der Waals surface area contributed by atoms with Gasteiger partial charge in [0, 0.05) is 29.0 Å². The maximum absolute atomic E-state index is 13.7. The Labute approximate surface area is 189 Å². The van der Waals surface area contributed by atoms with Crippen LogP contribution in [0.25, 0.3) is 33.4 Å². The van der Waals surface area contributed by atoms with E-state index >= 15 is 0 Å². The lowest BCUT2D eigenvalue weighted by atomic mass is 10.0. The number of nitrogens with zero attached hydrogens (tertiary/aromatic N) is 3. The molecule has 5 aromatic rings. The fourth-order valence-electron chi connectivity index (χ4n) is 3.48. The minimum Gasteiger partial charge on any atom is -0.340 e. The van der Waals surface area contributed by atoms with Gasteiger partial charge in [-0.2, -0.15) is 0 Å². The second kappa shape index (κ2) is 8.36. The van der Waals surface area contributed by atoms with Gasteiger partial charge in [-0.3, -0.25) is 4.98 Å². The Balaban J connectivity index is 1.67. The summed E-state index contributed by atoms with van der Waals surface area (Å²) in [6, 6.07) is 22.7. The van der Waals surface area contributed by atoms with Crippen molar-refractivity contribution in [3.05, 3.63) is 102 Å². The Morgan fingerprint density at radius 2 is 1.66 bits per heavy atom. The van der Waals surface area contributed by atoms with Crippen molar-refractivity contribution in [2.75, 3.05) is 5.32 Å². The highest BCUT2D eigenvalue weighted by atomic mass is 35.5.